The summed E-state index contributed by atoms with van der Waals surface area (Å²) in [6.45, 7) is 4.19. The maximum atomic E-state index is 14.1. The summed E-state index contributed by atoms with van der Waals surface area (Å²) in [5.41, 5.74) is -1.04. The van der Waals surface area contributed by atoms with E-state index in [1.165, 1.54) is 15.8 Å². The zero-order valence-corrected chi connectivity index (χ0v) is 27.0. The van der Waals surface area contributed by atoms with Crippen molar-refractivity contribution in [1.29, 1.82) is 0 Å². The predicted octanol–water partition coefficient (Wildman–Crippen LogP) is 3.08. The highest BCUT2D eigenvalue weighted by atomic mass is 35.5. The number of allylic oxidation sites excluding steroid dienone is 1. The molecule has 6 rings (SSSR count). The lowest BCUT2D eigenvalue weighted by molar-refractivity contribution is -0.141. The predicted molar refractivity (Wildman–Crippen MR) is 169 cm³/mol. The second kappa shape index (κ2) is 13.3. The highest BCUT2D eigenvalue weighted by molar-refractivity contribution is 6.32. The Kier molecular flexibility index (Phi) is 9.15. The fraction of sp³-hybridized carbons (Fsp3) is 0.400. The molecule has 0 atom stereocenters. The number of nitrogens with zero attached hydrogens (tertiary/aromatic N) is 9. The summed E-state index contributed by atoms with van der Waals surface area (Å²) >= 11 is 5.99. The van der Waals surface area contributed by atoms with E-state index in [-0.39, 0.29) is 72.7 Å². The van der Waals surface area contributed by atoms with Crippen molar-refractivity contribution in [2.24, 2.45) is 0 Å². The fourth-order valence-electron chi connectivity index (χ4n) is 5.67. The van der Waals surface area contributed by atoms with Crippen LogP contribution in [0.5, 0.6) is 5.75 Å². The van der Waals surface area contributed by atoms with Gasteiger partial charge in [-0.05, 0) is 44.4 Å². The Labute approximate surface area is 281 Å². The maximum absolute atomic E-state index is 14.1. The molecule has 15 nitrogen and oxygen atoms in total. The number of alkyl halides is 3. The van der Waals surface area contributed by atoms with Crippen LogP contribution in [0.3, 0.4) is 0 Å². The summed E-state index contributed by atoms with van der Waals surface area (Å²) in [7, 11) is 0. The number of carbonyl (C=O) groups is 2. The van der Waals surface area contributed by atoms with Crippen molar-refractivity contribution >= 4 is 46.3 Å². The number of hydrogen-bond donors (Lipinski definition) is 2. The van der Waals surface area contributed by atoms with Crippen LogP contribution in [0.2, 0.25) is 5.15 Å². The number of anilines is 2. The molecule has 0 radical (unpaired) electrons. The van der Waals surface area contributed by atoms with Crippen molar-refractivity contribution < 1.29 is 32.6 Å². The van der Waals surface area contributed by atoms with Crippen LogP contribution in [0, 0.1) is 6.92 Å². The molecule has 2 amide bonds. The van der Waals surface area contributed by atoms with Gasteiger partial charge >= 0.3 is 6.18 Å². The van der Waals surface area contributed by atoms with Gasteiger partial charge in [-0.1, -0.05) is 18.5 Å². The van der Waals surface area contributed by atoms with E-state index >= 15 is 0 Å². The average Bonchev–Trinajstić information content (AvgIpc) is 3.54. The number of amides is 2. The van der Waals surface area contributed by atoms with Gasteiger partial charge in [0.05, 0.1) is 23.7 Å². The maximum Gasteiger partial charge on any atom is 0.433 e. The van der Waals surface area contributed by atoms with Crippen LogP contribution >= 0.6 is 11.6 Å². The third kappa shape index (κ3) is 6.59. The first-order valence-electron chi connectivity index (χ1n) is 15.3. The number of aryl methyl sites for hydroxylation is 1. The number of hydrogen-bond acceptors (Lipinski definition) is 11. The van der Waals surface area contributed by atoms with Gasteiger partial charge in [0.2, 0.25) is 17.5 Å². The van der Waals surface area contributed by atoms with Crippen molar-refractivity contribution in [3.8, 4) is 5.75 Å². The van der Waals surface area contributed by atoms with Gasteiger partial charge in [-0.15, -0.1) is 5.10 Å². The summed E-state index contributed by atoms with van der Waals surface area (Å²) in [6, 6.07) is 1.71. The molecule has 0 aromatic carbocycles. The van der Waals surface area contributed by atoms with Gasteiger partial charge in [-0.2, -0.15) is 22.7 Å². The number of rotatable bonds is 7. The lowest BCUT2D eigenvalue weighted by Gasteiger charge is -2.36. The van der Waals surface area contributed by atoms with Crippen molar-refractivity contribution in [1.82, 2.24) is 39.0 Å². The van der Waals surface area contributed by atoms with Crippen molar-refractivity contribution in [2.45, 2.75) is 45.8 Å². The molecule has 1 saturated heterocycles. The normalized spacial score (nSPS) is 15.3. The van der Waals surface area contributed by atoms with Gasteiger partial charge < -0.3 is 29.5 Å². The SMILES string of the molecule is CCc1c(N2CCN(C(=O)c3ncnc(C)c3O)CC2)c(=O)n2nc(C3=CCCCO3)nc2n1CC(=O)Nc1ccc(C(F)(F)F)nc1Cl. The molecule has 2 aliphatic heterocycles. The lowest BCUT2D eigenvalue weighted by atomic mass is 10.2. The lowest BCUT2D eigenvalue weighted by Crippen LogP contribution is -2.51. The van der Waals surface area contributed by atoms with Crippen LogP contribution in [-0.2, 0) is 28.7 Å². The molecule has 0 bridgehead atoms. The van der Waals surface area contributed by atoms with Crippen molar-refractivity contribution in [2.75, 3.05) is 43.0 Å². The number of piperazine rings is 1. The van der Waals surface area contributed by atoms with Crippen LogP contribution in [0.15, 0.2) is 29.3 Å². The second-order valence-corrected chi connectivity index (χ2v) is 11.6. The van der Waals surface area contributed by atoms with Gasteiger partial charge in [0, 0.05) is 26.2 Å². The first-order valence-corrected chi connectivity index (χ1v) is 15.7. The summed E-state index contributed by atoms with van der Waals surface area (Å²) in [4.78, 5) is 59.8. The Morgan fingerprint density at radius 2 is 1.88 bits per heavy atom. The molecule has 4 aromatic heterocycles. The van der Waals surface area contributed by atoms with Crippen LogP contribution in [0.4, 0.5) is 24.5 Å². The van der Waals surface area contributed by atoms with E-state index in [9.17, 15) is 32.7 Å². The molecular formula is C30H30ClF3N10O5. The third-order valence-electron chi connectivity index (χ3n) is 8.12. The molecule has 19 heteroatoms. The van der Waals surface area contributed by atoms with E-state index in [1.54, 1.807) is 18.7 Å². The molecule has 1 fully saturated rings. The van der Waals surface area contributed by atoms with Crippen LogP contribution in [0.25, 0.3) is 11.5 Å². The number of nitrogens with one attached hydrogen (secondary N) is 1. The molecule has 4 aromatic rings. The average molecular weight is 703 g/mol. The van der Waals surface area contributed by atoms with E-state index in [0.717, 1.165) is 23.4 Å². The Morgan fingerprint density at radius 3 is 2.53 bits per heavy atom. The topological polar surface area (TPSA) is 173 Å². The number of halogens is 4. The smallest absolute Gasteiger partial charge is 0.433 e. The monoisotopic (exact) mass is 702 g/mol. The number of pyridine rings is 1. The van der Waals surface area contributed by atoms with Gasteiger partial charge in [-0.3, -0.25) is 14.4 Å². The zero-order valence-electron chi connectivity index (χ0n) is 26.3. The van der Waals surface area contributed by atoms with Crippen LogP contribution < -0.4 is 15.8 Å². The minimum atomic E-state index is -4.72. The molecular weight excluding hydrogens is 673 g/mol. The van der Waals surface area contributed by atoms with Gasteiger partial charge in [-0.25, -0.2) is 15.0 Å². The Balaban J connectivity index is 1.35. The van der Waals surface area contributed by atoms with Gasteiger partial charge in [0.1, 0.15) is 24.3 Å². The molecule has 0 saturated carbocycles. The van der Waals surface area contributed by atoms with E-state index in [4.69, 9.17) is 16.3 Å². The van der Waals surface area contributed by atoms with Gasteiger partial charge in [0.25, 0.3) is 11.5 Å². The zero-order chi connectivity index (χ0) is 35.0. The summed E-state index contributed by atoms with van der Waals surface area (Å²) < 4.78 is 47.6. The molecule has 2 N–H and O–H groups in total. The molecule has 2 aliphatic rings. The Hall–Kier alpha value is -5.26. The van der Waals surface area contributed by atoms with Crippen molar-refractivity contribution in [3.63, 3.8) is 0 Å². The standard InChI is InChI=1S/C30H30ClF3N10O5/c1-3-18-23(41-9-11-42(12-10-41)27(47)22-24(46)16(2)35-15-36-22)28(48)44-29(39-26(40-44)19-6-4-5-13-49-19)43(18)14-21(45)37-17-7-8-20(30(32,33)34)38-25(17)31/h6-8,15,46H,3-5,9-14H2,1-2H3,(H,37,45). The fourth-order valence-corrected chi connectivity index (χ4v) is 5.87. The first kappa shape index (κ1) is 33.6. The largest absolute Gasteiger partial charge is 0.504 e. The van der Waals surface area contributed by atoms with Crippen molar-refractivity contribution in [3.05, 3.63) is 68.6 Å². The number of carbonyl (C=O) groups excluding carboxylic acids is 2. The summed E-state index contributed by atoms with van der Waals surface area (Å²) in [5, 5.41) is 16.7. The Bertz CT molecular complexity index is 2040. The summed E-state index contributed by atoms with van der Waals surface area (Å²) in [6.07, 6.45) is 0.0849. The molecule has 0 aliphatic carbocycles. The highest BCUT2D eigenvalue weighted by Gasteiger charge is 2.34. The quantitative estimate of drug-likeness (QED) is 0.271. The number of fused-ring (bicyclic) bond motifs is 1. The second-order valence-electron chi connectivity index (χ2n) is 11.3. The summed E-state index contributed by atoms with van der Waals surface area (Å²) in [5.74, 6) is -0.879. The third-order valence-corrected chi connectivity index (χ3v) is 8.41. The molecule has 49 heavy (non-hydrogen) atoms. The van der Waals surface area contributed by atoms with E-state index in [1.807, 2.05) is 6.08 Å². The highest BCUT2D eigenvalue weighted by Crippen LogP contribution is 2.31. The first-order chi connectivity index (χ1) is 23.4. The molecule has 6 heterocycles. The van der Waals surface area contributed by atoms with E-state index in [2.05, 4.69) is 30.4 Å². The van der Waals surface area contributed by atoms with Gasteiger partial charge in [0.15, 0.2) is 22.4 Å². The minimum absolute atomic E-state index is 0.0471. The number of aromatic nitrogens is 7. The van der Waals surface area contributed by atoms with E-state index in [0.29, 0.717) is 24.1 Å². The molecule has 258 valence electrons. The number of ether oxygens (including phenoxy) is 1. The molecule has 0 unspecified atom stereocenters. The number of aromatic hydroxyl groups is 1. The Morgan fingerprint density at radius 1 is 1.12 bits per heavy atom. The van der Waals surface area contributed by atoms with Crippen LogP contribution in [0.1, 0.15) is 53.2 Å². The van der Waals surface area contributed by atoms with E-state index < -0.39 is 40.9 Å². The minimum Gasteiger partial charge on any atom is -0.504 e. The van der Waals surface area contributed by atoms with Crippen LogP contribution in [-0.4, -0.2) is 88.7 Å². The molecule has 0 spiro atoms.